The number of nitrogens with zero attached hydrogens (tertiary/aromatic N) is 1. The van der Waals surface area contributed by atoms with Gasteiger partial charge in [-0.05, 0) is 18.6 Å². The number of aryl methyl sites for hydroxylation is 1. The Morgan fingerprint density at radius 2 is 2.18 bits per heavy atom. The van der Waals surface area contributed by atoms with E-state index in [0.29, 0.717) is 5.56 Å². The molecule has 0 aromatic heterocycles. The summed E-state index contributed by atoms with van der Waals surface area (Å²) in [5, 5.41) is 20.3. The van der Waals surface area contributed by atoms with E-state index in [1.165, 1.54) is 6.21 Å². The van der Waals surface area contributed by atoms with Gasteiger partial charge in [0.2, 0.25) is 0 Å². The maximum Gasteiger partial charge on any atom is 0.127 e. The molecule has 3 nitrogen and oxygen atoms in total. The Morgan fingerprint density at radius 3 is 2.82 bits per heavy atom. The molecule has 1 aromatic carbocycles. The Balaban J connectivity index is 3.16. The molecular formula is C8H9NO2. The van der Waals surface area contributed by atoms with Gasteiger partial charge in [0.05, 0.1) is 6.21 Å². The van der Waals surface area contributed by atoms with Gasteiger partial charge in [0.25, 0.3) is 0 Å². The third-order valence-electron chi connectivity index (χ3n) is 1.47. The molecule has 11 heavy (non-hydrogen) atoms. The van der Waals surface area contributed by atoms with Gasteiger partial charge in [0.15, 0.2) is 0 Å². The molecule has 1 aromatic rings. The summed E-state index contributed by atoms with van der Waals surface area (Å²) < 4.78 is 0. The Kier molecular flexibility index (Phi) is 2.11. The van der Waals surface area contributed by atoms with Crippen LogP contribution in [0.25, 0.3) is 0 Å². The van der Waals surface area contributed by atoms with Crippen molar-refractivity contribution in [2.75, 3.05) is 0 Å². The summed E-state index contributed by atoms with van der Waals surface area (Å²) >= 11 is 0. The molecule has 0 saturated carbocycles. The zero-order valence-corrected chi connectivity index (χ0v) is 6.15. The van der Waals surface area contributed by atoms with Crippen LogP contribution in [-0.2, 0) is 0 Å². The van der Waals surface area contributed by atoms with E-state index in [1.807, 2.05) is 0 Å². The van der Waals surface area contributed by atoms with Crippen molar-refractivity contribution in [3.63, 3.8) is 0 Å². The van der Waals surface area contributed by atoms with Gasteiger partial charge < -0.3 is 10.3 Å². The highest BCUT2D eigenvalue weighted by atomic mass is 16.4. The van der Waals surface area contributed by atoms with E-state index in [1.54, 1.807) is 25.1 Å². The van der Waals surface area contributed by atoms with Gasteiger partial charge >= 0.3 is 0 Å². The van der Waals surface area contributed by atoms with Crippen LogP contribution in [0.1, 0.15) is 11.1 Å². The Hall–Kier alpha value is -1.51. The SMILES string of the molecule is Cc1cccc(C=NO)c1O. The molecule has 0 atom stereocenters. The fraction of sp³-hybridized carbons (Fsp3) is 0.125. The first-order valence-electron chi connectivity index (χ1n) is 3.21. The summed E-state index contributed by atoms with van der Waals surface area (Å²) in [4.78, 5) is 0. The molecule has 0 unspecified atom stereocenters. The average molecular weight is 151 g/mol. The third kappa shape index (κ3) is 1.49. The molecule has 0 amide bonds. The van der Waals surface area contributed by atoms with Crippen LogP contribution in [-0.4, -0.2) is 16.5 Å². The largest absolute Gasteiger partial charge is 0.507 e. The number of hydrogen-bond acceptors (Lipinski definition) is 3. The Morgan fingerprint density at radius 1 is 1.45 bits per heavy atom. The van der Waals surface area contributed by atoms with E-state index in [4.69, 9.17) is 5.21 Å². The minimum atomic E-state index is 0.158. The minimum absolute atomic E-state index is 0.158. The number of oxime groups is 1. The highest BCUT2D eigenvalue weighted by Crippen LogP contribution is 2.19. The second kappa shape index (κ2) is 3.05. The van der Waals surface area contributed by atoms with Gasteiger partial charge in [-0.1, -0.05) is 17.3 Å². The number of phenolic OH excluding ortho intramolecular Hbond substituents is 1. The first-order chi connectivity index (χ1) is 5.25. The van der Waals surface area contributed by atoms with Crippen molar-refractivity contribution in [1.82, 2.24) is 0 Å². The van der Waals surface area contributed by atoms with Crippen LogP contribution in [0.3, 0.4) is 0 Å². The van der Waals surface area contributed by atoms with E-state index >= 15 is 0 Å². The highest BCUT2D eigenvalue weighted by Gasteiger charge is 1.99. The standard InChI is InChI=1S/C8H9NO2/c1-6-3-2-4-7(5-9-11)8(6)10/h2-5,10-11H,1H3. The summed E-state index contributed by atoms with van der Waals surface area (Å²) in [6.07, 6.45) is 1.20. The highest BCUT2D eigenvalue weighted by molar-refractivity contribution is 5.83. The van der Waals surface area contributed by atoms with Crippen molar-refractivity contribution < 1.29 is 10.3 Å². The van der Waals surface area contributed by atoms with E-state index in [-0.39, 0.29) is 5.75 Å². The minimum Gasteiger partial charge on any atom is -0.507 e. The number of rotatable bonds is 1. The second-order valence-corrected chi connectivity index (χ2v) is 2.26. The molecule has 2 N–H and O–H groups in total. The fourth-order valence-corrected chi connectivity index (χ4v) is 0.848. The van der Waals surface area contributed by atoms with Crippen LogP contribution >= 0.6 is 0 Å². The van der Waals surface area contributed by atoms with Crippen LogP contribution in [0.5, 0.6) is 5.75 Å². The number of para-hydroxylation sites is 1. The van der Waals surface area contributed by atoms with Crippen molar-refractivity contribution >= 4 is 6.21 Å². The van der Waals surface area contributed by atoms with Gasteiger partial charge in [-0.25, -0.2) is 0 Å². The summed E-state index contributed by atoms with van der Waals surface area (Å²) in [7, 11) is 0. The van der Waals surface area contributed by atoms with Crippen molar-refractivity contribution in [2.24, 2.45) is 5.16 Å². The lowest BCUT2D eigenvalue weighted by Gasteiger charge is -1.99. The van der Waals surface area contributed by atoms with Crippen molar-refractivity contribution in [1.29, 1.82) is 0 Å². The average Bonchev–Trinajstić information content (AvgIpc) is 1.99. The summed E-state index contributed by atoms with van der Waals surface area (Å²) in [6.45, 7) is 1.78. The molecule has 0 radical (unpaired) electrons. The molecule has 0 spiro atoms. The zero-order valence-electron chi connectivity index (χ0n) is 6.15. The quantitative estimate of drug-likeness (QED) is 0.363. The predicted octanol–water partition coefficient (Wildman–Crippen LogP) is 1.51. The topological polar surface area (TPSA) is 52.8 Å². The zero-order chi connectivity index (χ0) is 8.27. The maximum absolute atomic E-state index is 9.33. The molecule has 0 aliphatic carbocycles. The van der Waals surface area contributed by atoms with Crippen LogP contribution in [0, 0.1) is 6.92 Å². The van der Waals surface area contributed by atoms with Crippen molar-refractivity contribution in [3.8, 4) is 5.75 Å². The van der Waals surface area contributed by atoms with Crippen LogP contribution in [0.15, 0.2) is 23.4 Å². The Bertz CT molecular complexity index is 281. The lowest BCUT2D eigenvalue weighted by Crippen LogP contribution is -1.84. The Labute approximate surface area is 64.6 Å². The summed E-state index contributed by atoms with van der Waals surface area (Å²) in [6, 6.07) is 5.23. The molecule has 0 aliphatic heterocycles. The molecule has 0 fully saturated rings. The van der Waals surface area contributed by atoms with Gasteiger partial charge in [0.1, 0.15) is 5.75 Å². The normalized spacial score (nSPS) is 10.6. The predicted molar refractivity (Wildman–Crippen MR) is 42.2 cm³/mol. The number of hydrogen-bond donors (Lipinski definition) is 2. The first-order valence-corrected chi connectivity index (χ1v) is 3.21. The molecule has 0 bridgehead atoms. The number of phenols is 1. The van der Waals surface area contributed by atoms with E-state index in [9.17, 15) is 5.11 Å². The first kappa shape index (κ1) is 7.60. The summed E-state index contributed by atoms with van der Waals surface area (Å²) in [5.74, 6) is 0.158. The molecule has 0 heterocycles. The van der Waals surface area contributed by atoms with E-state index in [2.05, 4.69) is 5.16 Å². The fourth-order valence-electron chi connectivity index (χ4n) is 0.848. The summed E-state index contributed by atoms with van der Waals surface area (Å²) in [5.41, 5.74) is 1.29. The second-order valence-electron chi connectivity index (χ2n) is 2.26. The monoisotopic (exact) mass is 151 g/mol. The van der Waals surface area contributed by atoms with E-state index < -0.39 is 0 Å². The third-order valence-corrected chi connectivity index (χ3v) is 1.47. The van der Waals surface area contributed by atoms with Gasteiger partial charge in [-0.15, -0.1) is 0 Å². The molecule has 58 valence electrons. The lowest BCUT2D eigenvalue weighted by molar-refractivity contribution is 0.321. The molecular weight excluding hydrogens is 142 g/mol. The van der Waals surface area contributed by atoms with Gasteiger partial charge in [-0.3, -0.25) is 0 Å². The number of benzene rings is 1. The molecule has 3 heteroatoms. The lowest BCUT2D eigenvalue weighted by atomic mass is 10.1. The van der Waals surface area contributed by atoms with Crippen LogP contribution in [0.4, 0.5) is 0 Å². The molecule has 0 aliphatic rings. The van der Waals surface area contributed by atoms with Crippen molar-refractivity contribution in [3.05, 3.63) is 29.3 Å². The van der Waals surface area contributed by atoms with Crippen LogP contribution < -0.4 is 0 Å². The maximum atomic E-state index is 9.33. The van der Waals surface area contributed by atoms with Gasteiger partial charge in [-0.2, -0.15) is 0 Å². The van der Waals surface area contributed by atoms with Crippen LogP contribution in [0.2, 0.25) is 0 Å². The van der Waals surface area contributed by atoms with Gasteiger partial charge in [0, 0.05) is 5.56 Å². The van der Waals surface area contributed by atoms with Crippen molar-refractivity contribution in [2.45, 2.75) is 6.92 Å². The molecule has 0 saturated heterocycles. The van der Waals surface area contributed by atoms with E-state index in [0.717, 1.165) is 5.56 Å². The molecule has 1 rings (SSSR count). The number of aromatic hydroxyl groups is 1. The smallest absolute Gasteiger partial charge is 0.127 e.